The van der Waals surface area contributed by atoms with Crippen LogP contribution < -0.4 is 10.1 Å². The fourth-order valence-electron chi connectivity index (χ4n) is 2.83. The quantitative estimate of drug-likeness (QED) is 0.536. The number of carbonyl (C=O) groups excluding carboxylic acids is 1. The van der Waals surface area contributed by atoms with Gasteiger partial charge in [-0.05, 0) is 48.4 Å². The van der Waals surface area contributed by atoms with E-state index >= 15 is 0 Å². The molecule has 1 amide bonds. The number of carbonyl (C=O) groups is 1. The summed E-state index contributed by atoms with van der Waals surface area (Å²) in [6, 6.07) is 13.4. The Morgan fingerprint density at radius 2 is 1.93 bits per heavy atom. The van der Waals surface area contributed by atoms with Crippen LogP contribution in [-0.4, -0.2) is 41.0 Å². The molecule has 0 unspecified atom stereocenters. The lowest BCUT2D eigenvalue weighted by Gasteiger charge is -2.10. The van der Waals surface area contributed by atoms with Crippen molar-refractivity contribution in [3.63, 3.8) is 0 Å². The number of halogens is 1. The van der Waals surface area contributed by atoms with E-state index in [2.05, 4.69) is 15.4 Å². The second-order valence-corrected chi connectivity index (χ2v) is 7.17. The Morgan fingerprint density at radius 1 is 1.17 bits per heavy atom. The highest BCUT2D eigenvalue weighted by Gasteiger charge is 2.16. The average molecular weight is 412 g/mol. The number of nitrogens with one attached hydrogen (secondary N) is 1. The first-order valence-electron chi connectivity index (χ1n) is 9.71. The number of anilines is 1. The van der Waals surface area contributed by atoms with Gasteiger partial charge < -0.3 is 14.8 Å². The summed E-state index contributed by atoms with van der Waals surface area (Å²) in [6.07, 6.45) is 0.436. The Bertz CT molecular complexity index is 986. The van der Waals surface area contributed by atoms with E-state index in [0.717, 1.165) is 0 Å². The molecule has 0 saturated carbocycles. The number of rotatable bonds is 9. The zero-order valence-electron chi connectivity index (χ0n) is 17.3. The highest BCUT2D eigenvalue weighted by atomic mass is 19.1. The molecular formula is C22H25FN4O3. The van der Waals surface area contributed by atoms with Gasteiger partial charge in [-0.2, -0.15) is 4.98 Å². The van der Waals surface area contributed by atoms with Crippen LogP contribution in [-0.2, 0) is 9.53 Å². The Balaban J connectivity index is 1.94. The summed E-state index contributed by atoms with van der Waals surface area (Å²) in [4.78, 5) is 16.6. The van der Waals surface area contributed by atoms with Crippen LogP contribution in [0, 0.1) is 11.7 Å². The normalized spacial score (nSPS) is 11.0. The molecule has 0 atom stereocenters. The second kappa shape index (κ2) is 9.98. The maximum atomic E-state index is 13.4. The highest BCUT2D eigenvalue weighted by molar-refractivity contribution is 5.91. The van der Waals surface area contributed by atoms with Crippen LogP contribution in [0.3, 0.4) is 0 Å². The number of amides is 1. The van der Waals surface area contributed by atoms with E-state index in [1.54, 1.807) is 30.0 Å². The van der Waals surface area contributed by atoms with Gasteiger partial charge in [0.15, 0.2) is 5.82 Å². The second-order valence-electron chi connectivity index (χ2n) is 7.17. The molecule has 0 saturated heterocycles. The molecule has 1 aromatic heterocycles. The molecule has 0 bridgehead atoms. The number of ether oxygens (including phenoxy) is 2. The smallest absolute Gasteiger partial charge is 0.336 e. The first-order chi connectivity index (χ1) is 14.5. The van der Waals surface area contributed by atoms with E-state index < -0.39 is 0 Å². The average Bonchev–Trinajstić information content (AvgIpc) is 3.12. The summed E-state index contributed by atoms with van der Waals surface area (Å²) in [5.41, 5.74) is 2.02. The fraction of sp³-hybridized carbons (Fsp3) is 0.318. The number of methoxy groups -OCH3 is 1. The molecule has 0 spiro atoms. The van der Waals surface area contributed by atoms with E-state index in [4.69, 9.17) is 9.47 Å². The van der Waals surface area contributed by atoms with Gasteiger partial charge in [-0.1, -0.05) is 19.9 Å². The molecule has 158 valence electrons. The van der Waals surface area contributed by atoms with Gasteiger partial charge in [0.1, 0.15) is 12.4 Å². The maximum Gasteiger partial charge on any atom is 0.336 e. The van der Waals surface area contributed by atoms with Gasteiger partial charge in [-0.15, -0.1) is 5.10 Å². The Labute approximate surface area is 174 Å². The van der Waals surface area contributed by atoms with Crippen molar-refractivity contribution in [2.45, 2.75) is 20.3 Å². The highest BCUT2D eigenvalue weighted by Crippen LogP contribution is 2.25. The van der Waals surface area contributed by atoms with E-state index in [0.29, 0.717) is 42.4 Å². The van der Waals surface area contributed by atoms with Crippen molar-refractivity contribution in [3.05, 3.63) is 54.3 Å². The van der Waals surface area contributed by atoms with E-state index in [9.17, 15) is 9.18 Å². The largest absolute Gasteiger partial charge is 0.460 e. The minimum Gasteiger partial charge on any atom is -0.460 e. The van der Waals surface area contributed by atoms with E-state index in [-0.39, 0.29) is 23.7 Å². The van der Waals surface area contributed by atoms with E-state index in [1.165, 1.54) is 12.1 Å². The van der Waals surface area contributed by atoms with Crippen molar-refractivity contribution < 1.29 is 18.7 Å². The van der Waals surface area contributed by atoms with E-state index in [1.807, 2.05) is 32.0 Å². The molecule has 0 radical (unpaired) electrons. The Hall–Kier alpha value is -3.26. The summed E-state index contributed by atoms with van der Waals surface area (Å²) < 4.78 is 25.5. The van der Waals surface area contributed by atoms with Crippen molar-refractivity contribution in [1.82, 2.24) is 14.8 Å². The number of hydrogen-bond acceptors (Lipinski definition) is 5. The van der Waals surface area contributed by atoms with Gasteiger partial charge in [0.25, 0.3) is 0 Å². The summed E-state index contributed by atoms with van der Waals surface area (Å²) in [7, 11) is 1.58. The number of aromatic nitrogens is 3. The predicted molar refractivity (Wildman–Crippen MR) is 112 cm³/mol. The van der Waals surface area contributed by atoms with Crippen LogP contribution in [0.1, 0.15) is 20.3 Å². The third kappa shape index (κ3) is 5.64. The molecule has 1 heterocycles. The number of hydrogen-bond donors (Lipinski definition) is 1. The topological polar surface area (TPSA) is 78.3 Å². The van der Waals surface area contributed by atoms with Crippen LogP contribution in [0.4, 0.5) is 10.1 Å². The summed E-state index contributed by atoms with van der Waals surface area (Å²) in [6.45, 7) is 4.68. The molecule has 3 rings (SSSR count). The van der Waals surface area contributed by atoms with Crippen LogP contribution in [0.5, 0.6) is 6.01 Å². The van der Waals surface area contributed by atoms with Crippen molar-refractivity contribution >= 4 is 11.6 Å². The standard InChI is InChI=1S/C22H25FN4O3/c1-15(2)13-20(28)24-18-5-4-6-19(14-18)27-21(16-7-9-17(23)10-8-16)25-22(26-27)30-12-11-29-3/h4-10,14-15H,11-13H2,1-3H3,(H,24,28). The molecule has 2 aromatic carbocycles. The van der Waals surface area contributed by atoms with Crippen LogP contribution in [0.15, 0.2) is 48.5 Å². The molecular weight excluding hydrogens is 387 g/mol. The van der Waals surface area contributed by atoms with Crippen LogP contribution >= 0.6 is 0 Å². The van der Waals surface area contributed by atoms with Gasteiger partial charge in [0.2, 0.25) is 5.91 Å². The fourth-order valence-corrected chi connectivity index (χ4v) is 2.83. The first-order valence-corrected chi connectivity index (χ1v) is 9.71. The van der Waals surface area contributed by atoms with Gasteiger partial charge >= 0.3 is 6.01 Å². The lowest BCUT2D eigenvalue weighted by molar-refractivity contribution is -0.116. The minimum absolute atomic E-state index is 0.0527. The third-order valence-corrected chi connectivity index (χ3v) is 4.18. The molecule has 1 N–H and O–H groups in total. The molecule has 0 aliphatic carbocycles. The predicted octanol–water partition coefficient (Wildman–Crippen LogP) is 4.08. The summed E-state index contributed by atoms with van der Waals surface area (Å²) >= 11 is 0. The first kappa shape index (κ1) is 21.4. The maximum absolute atomic E-state index is 13.4. The van der Waals surface area contributed by atoms with Gasteiger partial charge in [-0.3, -0.25) is 4.79 Å². The third-order valence-electron chi connectivity index (χ3n) is 4.18. The minimum atomic E-state index is -0.337. The molecule has 0 aliphatic rings. The van der Waals surface area contributed by atoms with Crippen molar-refractivity contribution in [2.75, 3.05) is 25.6 Å². The Morgan fingerprint density at radius 3 is 2.63 bits per heavy atom. The molecule has 3 aromatic rings. The van der Waals surface area contributed by atoms with Crippen molar-refractivity contribution in [2.24, 2.45) is 5.92 Å². The lowest BCUT2D eigenvalue weighted by atomic mass is 10.1. The van der Waals surface area contributed by atoms with Crippen LogP contribution in [0.25, 0.3) is 17.1 Å². The molecule has 8 heteroatoms. The molecule has 0 fully saturated rings. The summed E-state index contributed by atoms with van der Waals surface area (Å²) in [5.74, 6) is 0.368. The van der Waals surface area contributed by atoms with Crippen molar-refractivity contribution in [1.29, 1.82) is 0 Å². The SMILES string of the molecule is COCCOc1nc(-c2ccc(F)cc2)n(-c2cccc(NC(=O)CC(C)C)c2)n1. The summed E-state index contributed by atoms with van der Waals surface area (Å²) in [5, 5.41) is 7.34. The van der Waals surface area contributed by atoms with Crippen LogP contribution in [0.2, 0.25) is 0 Å². The van der Waals surface area contributed by atoms with Gasteiger partial charge in [0, 0.05) is 24.8 Å². The zero-order chi connectivity index (χ0) is 21.5. The van der Waals surface area contributed by atoms with Gasteiger partial charge in [-0.25, -0.2) is 9.07 Å². The number of benzene rings is 2. The molecule has 7 nitrogen and oxygen atoms in total. The lowest BCUT2D eigenvalue weighted by Crippen LogP contribution is -2.14. The van der Waals surface area contributed by atoms with Crippen molar-refractivity contribution in [3.8, 4) is 23.1 Å². The monoisotopic (exact) mass is 412 g/mol. The molecule has 0 aliphatic heterocycles. The number of nitrogens with zero attached hydrogens (tertiary/aromatic N) is 3. The zero-order valence-corrected chi connectivity index (χ0v) is 17.3. The van der Waals surface area contributed by atoms with Gasteiger partial charge in [0.05, 0.1) is 12.3 Å². The Kier molecular flexibility index (Phi) is 7.13. The molecule has 30 heavy (non-hydrogen) atoms.